The van der Waals surface area contributed by atoms with Crippen LogP contribution in [0.15, 0.2) is 56.0 Å². The van der Waals surface area contributed by atoms with Crippen molar-refractivity contribution in [3.8, 4) is 0 Å². The fourth-order valence-electron chi connectivity index (χ4n) is 1.36. The van der Waals surface area contributed by atoms with E-state index in [1.807, 2.05) is 37.3 Å². The van der Waals surface area contributed by atoms with Crippen molar-refractivity contribution in [1.82, 2.24) is 0 Å². The summed E-state index contributed by atoms with van der Waals surface area (Å²) in [4.78, 5) is 2.16. The zero-order valence-corrected chi connectivity index (χ0v) is 10.1. The predicted molar refractivity (Wildman–Crippen MR) is 66.5 cm³/mol. The number of amidine groups is 1. The van der Waals surface area contributed by atoms with Crippen molar-refractivity contribution in [2.45, 2.75) is 16.7 Å². The van der Waals surface area contributed by atoms with Crippen LogP contribution in [-0.4, -0.2) is 11.0 Å². The minimum absolute atomic E-state index is 0.112. The normalized spacial score (nSPS) is 11.7. The molecule has 88 valence electrons. The molecule has 0 aliphatic rings. The number of nitrogens with zero attached hydrogens (tertiary/aromatic N) is 1. The highest BCUT2D eigenvalue weighted by Crippen LogP contribution is 2.30. The molecule has 4 nitrogen and oxygen atoms in total. The topological polar surface area (TPSA) is 71.8 Å². The Morgan fingerprint density at radius 2 is 2.00 bits per heavy atom. The lowest BCUT2D eigenvalue weighted by Crippen LogP contribution is -2.12. The van der Waals surface area contributed by atoms with Gasteiger partial charge >= 0.3 is 0 Å². The van der Waals surface area contributed by atoms with E-state index in [0.29, 0.717) is 5.56 Å². The van der Waals surface area contributed by atoms with Crippen LogP contribution in [0.25, 0.3) is 0 Å². The zero-order valence-electron chi connectivity index (χ0n) is 9.25. The summed E-state index contributed by atoms with van der Waals surface area (Å²) in [6, 6.07) is 9.39. The van der Waals surface area contributed by atoms with Crippen LogP contribution in [0.5, 0.6) is 0 Å². The first-order valence-electron chi connectivity index (χ1n) is 5.00. The molecule has 2 aromatic rings. The quantitative estimate of drug-likeness (QED) is 0.379. The van der Waals surface area contributed by atoms with Crippen LogP contribution >= 0.6 is 11.8 Å². The summed E-state index contributed by atoms with van der Waals surface area (Å²) in [7, 11) is 0. The van der Waals surface area contributed by atoms with Gasteiger partial charge in [0.25, 0.3) is 0 Å². The van der Waals surface area contributed by atoms with Gasteiger partial charge in [-0.1, -0.05) is 29.1 Å². The van der Waals surface area contributed by atoms with E-state index in [1.165, 1.54) is 0 Å². The second kappa shape index (κ2) is 4.97. The Morgan fingerprint density at radius 1 is 1.29 bits per heavy atom. The van der Waals surface area contributed by atoms with E-state index in [2.05, 4.69) is 5.16 Å². The lowest BCUT2D eigenvalue weighted by atomic mass is 10.2. The Bertz CT molecular complexity index is 532. The van der Waals surface area contributed by atoms with Gasteiger partial charge in [0.05, 0.1) is 11.2 Å². The van der Waals surface area contributed by atoms with Gasteiger partial charge in [0.1, 0.15) is 5.76 Å². The van der Waals surface area contributed by atoms with Crippen molar-refractivity contribution >= 4 is 17.6 Å². The molecule has 1 aromatic carbocycles. The maximum Gasteiger partial charge on any atom is 0.170 e. The standard InChI is InChI=1S/C12H12N2O2S/c1-8-11(6-7-16-8)17-10-4-2-9(3-5-10)12(13)14-15/h2-7,15H,1H3,(H2,13,14). The molecule has 0 unspecified atom stereocenters. The summed E-state index contributed by atoms with van der Waals surface area (Å²) in [6.07, 6.45) is 1.67. The molecule has 0 amide bonds. The second-order valence-corrected chi connectivity index (χ2v) is 4.57. The van der Waals surface area contributed by atoms with Gasteiger partial charge in [-0.05, 0) is 25.1 Å². The molecule has 3 N–H and O–H groups in total. The second-order valence-electron chi connectivity index (χ2n) is 3.45. The molecule has 0 fully saturated rings. The van der Waals surface area contributed by atoms with Crippen LogP contribution in [0, 0.1) is 6.92 Å². The minimum Gasteiger partial charge on any atom is -0.468 e. The van der Waals surface area contributed by atoms with E-state index in [1.54, 1.807) is 18.0 Å². The van der Waals surface area contributed by atoms with Crippen molar-refractivity contribution in [3.05, 3.63) is 47.9 Å². The monoisotopic (exact) mass is 248 g/mol. The van der Waals surface area contributed by atoms with Crippen LogP contribution in [0.1, 0.15) is 11.3 Å². The molecular formula is C12H12N2O2S. The highest BCUT2D eigenvalue weighted by Gasteiger charge is 2.04. The highest BCUT2D eigenvalue weighted by molar-refractivity contribution is 7.99. The van der Waals surface area contributed by atoms with E-state index >= 15 is 0 Å². The van der Waals surface area contributed by atoms with Gasteiger partial charge in [-0.15, -0.1) is 0 Å². The molecule has 5 heteroatoms. The predicted octanol–water partition coefficient (Wildman–Crippen LogP) is 2.83. The summed E-state index contributed by atoms with van der Waals surface area (Å²) in [5.41, 5.74) is 6.18. The minimum atomic E-state index is 0.112. The number of aryl methyl sites for hydroxylation is 1. The molecule has 2 rings (SSSR count). The molecule has 0 spiro atoms. The van der Waals surface area contributed by atoms with E-state index in [-0.39, 0.29) is 5.84 Å². The Hall–Kier alpha value is -1.88. The van der Waals surface area contributed by atoms with E-state index in [0.717, 1.165) is 15.6 Å². The van der Waals surface area contributed by atoms with Crippen molar-refractivity contribution < 1.29 is 9.62 Å². The summed E-state index contributed by atoms with van der Waals surface area (Å²) in [5, 5.41) is 11.5. The van der Waals surface area contributed by atoms with Gasteiger partial charge in [0.2, 0.25) is 0 Å². The van der Waals surface area contributed by atoms with E-state index in [9.17, 15) is 0 Å². The van der Waals surface area contributed by atoms with Crippen molar-refractivity contribution in [2.75, 3.05) is 0 Å². The van der Waals surface area contributed by atoms with Crippen LogP contribution in [0.2, 0.25) is 0 Å². The molecule has 1 heterocycles. The van der Waals surface area contributed by atoms with Crippen molar-refractivity contribution in [1.29, 1.82) is 0 Å². The van der Waals surface area contributed by atoms with Crippen LogP contribution in [0.4, 0.5) is 0 Å². The lowest BCUT2D eigenvalue weighted by molar-refractivity contribution is 0.318. The molecule has 0 atom stereocenters. The Balaban J connectivity index is 2.17. The SMILES string of the molecule is Cc1occc1Sc1ccc(/C(N)=N/O)cc1. The first-order chi connectivity index (χ1) is 8.20. The molecule has 0 aliphatic heterocycles. The van der Waals surface area contributed by atoms with Gasteiger partial charge in [-0.2, -0.15) is 0 Å². The average molecular weight is 248 g/mol. The number of rotatable bonds is 3. The van der Waals surface area contributed by atoms with Gasteiger partial charge in [0, 0.05) is 10.5 Å². The third-order valence-corrected chi connectivity index (χ3v) is 3.45. The molecule has 1 aromatic heterocycles. The van der Waals surface area contributed by atoms with E-state index < -0.39 is 0 Å². The molecule has 17 heavy (non-hydrogen) atoms. The number of furan rings is 1. The van der Waals surface area contributed by atoms with Gasteiger partial charge in [-0.3, -0.25) is 0 Å². The molecule has 0 aliphatic carbocycles. The van der Waals surface area contributed by atoms with Gasteiger partial charge in [0.15, 0.2) is 5.84 Å². The average Bonchev–Trinajstić information content (AvgIpc) is 2.75. The molecular weight excluding hydrogens is 236 g/mol. The Kier molecular flexibility index (Phi) is 3.39. The van der Waals surface area contributed by atoms with Crippen molar-refractivity contribution in [3.63, 3.8) is 0 Å². The maximum atomic E-state index is 8.55. The van der Waals surface area contributed by atoms with Gasteiger partial charge < -0.3 is 15.4 Å². The Morgan fingerprint density at radius 3 is 2.53 bits per heavy atom. The molecule has 0 radical (unpaired) electrons. The van der Waals surface area contributed by atoms with Crippen molar-refractivity contribution in [2.24, 2.45) is 10.9 Å². The molecule has 0 saturated carbocycles. The maximum absolute atomic E-state index is 8.55. The fraction of sp³-hybridized carbons (Fsp3) is 0.0833. The number of hydrogen-bond acceptors (Lipinski definition) is 4. The summed E-state index contributed by atoms with van der Waals surface area (Å²) < 4.78 is 5.22. The third-order valence-electron chi connectivity index (χ3n) is 2.30. The summed E-state index contributed by atoms with van der Waals surface area (Å²) in [5.74, 6) is 1.01. The van der Waals surface area contributed by atoms with Crippen LogP contribution in [0.3, 0.4) is 0 Å². The van der Waals surface area contributed by atoms with Gasteiger partial charge in [-0.25, -0.2) is 0 Å². The number of oxime groups is 1. The highest BCUT2D eigenvalue weighted by atomic mass is 32.2. The summed E-state index contributed by atoms with van der Waals surface area (Å²) >= 11 is 1.61. The smallest absolute Gasteiger partial charge is 0.170 e. The third kappa shape index (κ3) is 2.62. The molecule has 0 bridgehead atoms. The Labute approximate surface area is 103 Å². The lowest BCUT2D eigenvalue weighted by Gasteiger charge is -2.02. The number of nitrogens with two attached hydrogens (primary N) is 1. The number of benzene rings is 1. The summed E-state index contributed by atoms with van der Waals surface area (Å²) in [6.45, 7) is 1.92. The van der Waals surface area contributed by atoms with Crippen LogP contribution in [-0.2, 0) is 0 Å². The molecule has 0 saturated heterocycles. The zero-order chi connectivity index (χ0) is 12.3. The van der Waals surface area contributed by atoms with E-state index in [4.69, 9.17) is 15.4 Å². The first-order valence-corrected chi connectivity index (χ1v) is 5.82. The number of hydrogen-bond donors (Lipinski definition) is 2. The largest absolute Gasteiger partial charge is 0.468 e. The fourth-order valence-corrected chi connectivity index (χ4v) is 2.20. The first kappa shape index (κ1) is 11.6. The van der Waals surface area contributed by atoms with Crippen LogP contribution < -0.4 is 5.73 Å².